The lowest BCUT2D eigenvalue weighted by Gasteiger charge is -2.09. The van der Waals surface area contributed by atoms with Crippen molar-refractivity contribution in [1.82, 2.24) is 4.57 Å². The first-order valence-corrected chi connectivity index (χ1v) is 11.3. The summed E-state index contributed by atoms with van der Waals surface area (Å²) < 4.78 is 1.90. The topological polar surface area (TPSA) is 77.5 Å². The predicted octanol–water partition coefficient (Wildman–Crippen LogP) is 6.34. The number of aromatic nitrogens is 1. The highest BCUT2D eigenvalue weighted by molar-refractivity contribution is 7.13. The van der Waals surface area contributed by atoms with E-state index in [1.165, 1.54) is 34.6 Å². The molecule has 0 unspecified atom stereocenters. The number of carbonyl (C=O) groups is 1. The molecule has 8 heteroatoms. The minimum Gasteiger partial charge on any atom is -0.319 e. The Kier molecular flexibility index (Phi) is 6.26. The second-order valence-corrected chi connectivity index (χ2v) is 9.01. The van der Waals surface area contributed by atoms with Crippen LogP contribution in [-0.4, -0.2) is 15.4 Å². The van der Waals surface area contributed by atoms with E-state index in [2.05, 4.69) is 37.0 Å². The van der Waals surface area contributed by atoms with Gasteiger partial charge in [0.15, 0.2) is 4.80 Å². The van der Waals surface area contributed by atoms with Crippen molar-refractivity contribution in [2.75, 3.05) is 0 Å². The largest absolute Gasteiger partial charge is 0.319 e. The molecule has 0 saturated heterocycles. The first kappa shape index (κ1) is 22.6. The van der Waals surface area contributed by atoms with E-state index in [4.69, 9.17) is 11.6 Å². The van der Waals surface area contributed by atoms with E-state index in [0.717, 1.165) is 27.8 Å². The van der Waals surface area contributed by atoms with Gasteiger partial charge in [-0.05, 0) is 48.2 Å². The summed E-state index contributed by atoms with van der Waals surface area (Å²) in [6.07, 6.45) is 0. The van der Waals surface area contributed by atoms with Crippen LogP contribution in [0.4, 0.5) is 5.69 Å². The fourth-order valence-corrected chi connectivity index (χ4v) is 4.89. The number of nitro groups is 1. The molecule has 0 N–H and O–H groups in total. The standard InChI is InChI=1S/C25H20ClN3O3S/c1-15-9-10-18(13-16(15)2)22-23(17-7-5-4-6-8-17)33-25(28(22)3)27-24(30)20-12-11-19(29(31)32)14-21(20)26/h4-14H,1-3H3. The van der Waals surface area contributed by atoms with Crippen molar-refractivity contribution in [3.8, 4) is 21.7 Å². The average molecular weight is 478 g/mol. The van der Waals surface area contributed by atoms with Crippen molar-refractivity contribution in [1.29, 1.82) is 0 Å². The Morgan fingerprint density at radius 2 is 1.73 bits per heavy atom. The Bertz CT molecular complexity index is 1460. The van der Waals surface area contributed by atoms with Crippen LogP contribution in [0.1, 0.15) is 21.5 Å². The maximum atomic E-state index is 12.9. The fourth-order valence-electron chi connectivity index (χ4n) is 3.49. The zero-order valence-electron chi connectivity index (χ0n) is 18.2. The van der Waals surface area contributed by atoms with E-state index in [1.807, 2.05) is 41.9 Å². The molecule has 0 radical (unpaired) electrons. The Labute approximate surface area is 199 Å². The summed E-state index contributed by atoms with van der Waals surface area (Å²) in [7, 11) is 1.87. The molecule has 0 aliphatic carbocycles. The van der Waals surface area contributed by atoms with E-state index in [1.54, 1.807) is 0 Å². The van der Waals surface area contributed by atoms with Crippen LogP contribution >= 0.6 is 22.9 Å². The summed E-state index contributed by atoms with van der Waals surface area (Å²) in [5, 5.41) is 11.0. The van der Waals surface area contributed by atoms with Crippen molar-refractivity contribution in [3.63, 3.8) is 0 Å². The fraction of sp³-hybridized carbons (Fsp3) is 0.120. The Hall–Kier alpha value is -3.55. The average Bonchev–Trinajstić information content (AvgIpc) is 3.12. The van der Waals surface area contributed by atoms with Gasteiger partial charge in [-0.25, -0.2) is 0 Å². The molecule has 1 heterocycles. The number of nitrogens with zero attached hydrogens (tertiary/aromatic N) is 3. The second-order valence-electron chi connectivity index (χ2n) is 7.62. The number of thiazole rings is 1. The second kappa shape index (κ2) is 9.13. The van der Waals surface area contributed by atoms with Crippen LogP contribution in [0.5, 0.6) is 0 Å². The Morgan fingerprint density at radius 3 is 2.36 bits per heavy atom. The van der Waals surface area contributed by atoms with Gasteiger partial charge in [-0.2, -0.15) is 4.99 Å². The third-order valence-electron chi connectivity index (χ3n) is 5.44. The van der Waals surface area contributed by atoms with Gasteiger partial charge in [0.2, 0.25) is 0 Å². The Balaban J connectivity index is 1.89. The molecule has 0 fully saturated rings. The summed E-state index contributed by atoms with van der Waals surface area (Å²) in [5.74, 6) is -0.557. The van der Waals surface area contributed by atoms with E-state index in [9.17, 15) is 14.9 Å². The van der Waals surface area contributed by atoms with E-state index >= 15 is 0 Å². The zero-order chi connectivity index (χ0) is 23.7. The number of halogens is 1. The molecular formula is C25H20ClN3O3S. The number of hydrogen-bond acceptors (Lipinski definition) is 4. The number of carbonyl (C=O) groups excluding carboxylic acids is 1. The molecule has 6 nitrogen and oxygen atoms in total. The zero-order valence-corrected chi connectivity index (χ0v) is 19.8. The van der Waals surface area contributed by atoms with Crippen LogP contribution in [0.3, 0.4) is 0 Å². The Morgan fingerprint density at radius 1 is 1.00 bits per heavy atom. The normalized spacial score (nSPS) is 11.6. The molecule has 0 aliphatic rings. The van der Waals surface area contributed by atoms with Crippen molar-refractivity contribution < 1.29 is 9.72 Å². The lowest BCUT2D eigenvalue weighted by molar-refractivity contribution is -0.384. The SMILES string of the molecule is Cc1ccc(-c2c(-c3ccccc3)sc(=NC(=O)c3ccc([N+](=O)[O-])cc3Cl)n2C)cc1C. The molecule has 0 atom stereocenters. The highest BCUT2D eigenvalue weighted by Crippen LogP contribution is 2.35. The lowest BCUT2D eigenvalue weighted by atomic mass is 10.0. The number of nitro benzene ring substituents is 1. The monoisotopic (exact) mass is 477 g/mol. The maximum Gasteiger partial charge on any atom is 0.281 e. The van der Waals surface area contributed by atoms with Crippen molar-refractivity contribution in [3.05, 3.63) is 103 Å². The molecule has 0 spiro atoms. The summed E-state index contributed by atoms with van der Waals surface area (Å²) in [5.41, 5.74) is 5.31. The van der Waals surface area contributed by atoms with Crippen LogP contribution in [0, 0.1) is 24.0 Å². The highest BCUT2D eigenvalue weighted by Gasteiger charge is 2.18. The summed E-state index contributed by atoms with van der Waals surface area (Å²) in [6, 6.07) is 20.0. The quantitative estimate of drug-likeness (QED) is 0.254. The minimum absolute atomic E-state index is 0.00479. The summed E-state index contributed by atoms with van der Waals surface area (Å²) in [4.78, 5) is 29.2. The highest BCUT2D eigenvalue weighted by atomic mass is 35.5. The van der Waals surface area contributed by atoms with Crippen LogP contribution < -0.4 is 4.80 Å². The molecular weight excluding hydrogens is 458 g/mol. The van der Waals surface area contributed by atoms with Gasteiger partial charge < -0.3 is 4.57 Å². The smallest absolute Gasteiger partial charge is 0.281 e. The van der Waals surface area contributed by atoms with E-state index in [0.29, 0.717) is 4.80 Å². The van der Waals surface area contributed by atoms with Crippen LogP contribution in [0.25, 0.3) is 21.7 Å². The molecule has 0 bridgehead atoms. The van der Waals surface area contributed by atoms with Gasteiger partial charge in [-0.1, -0.05) is 65.4 Å². The number of aryl methyl sites for hydroxylation is 2. The van der Waals surface area contributed by atoms with Gasteiger partial charge in [0.25, 0.3) is 11.6 Å². The molecule has 33 heavy (non-hydrogen) atoms. The van der Waals surface area contributed by atoms with Gasteiger partial charge in [-0.15, -0.1) is 0 Å². The van der Waals surface area contributed by atoms with E-state index < -0.39 is 10.8 Å². The molecule has 4 rings (SSSR count). The predicted molar refractivity (Wildman–Crippen MR) is 132 cm³/mol. The van der Waals surface area contributed by atoms with Crippen LogP contribution in [0.15, 0.2) is 71.7 Å². The first-order chi connectivity index (χ1) is 15.8. The number of non-ortho nitro benzene ring substituents is 1. The van der Waals surface area contributed by atoms with Gasteiger partial charge in [0.1, 0.15) is 0 Å². The van der Waals surface area contributed by atoms with Crippen LogP contribution in [0.2, 0.25) is 5.02 Å². The molecule has 1 aromatic heterocycles. The van der Waals surface area contributed by atoms with Gasteiger partial charge in [0.05, 0.1) is 26.1 Å². The number of hydrogen-bond donors (Lipinski definition) is 0. The third kappa shape index (κ3) is 4.51. The van der Waals surface area contributed by atoms with E-state index in [-0.39, 0.29) is 16.3 Å². The number of amides is 1. The van der Waals surface area contributed by atoms with Crippen molar-refractivity contribution in [2.24, 2.45) is 12.0 Å². The van der Waals surface area contributed by atoms with Crippen molar-refractivity contribution >= 4 is 34.5 Å². The van der Waals surface area contributed by atoms with Gasteiger partial charge in [-0.3, -0.25) is 14.9 Å². The van der Waals surface area contributed by atoms with Crippen LogP contribution in [-0.2, 0) is 7.05 Å². The maximum absolute atomic E-state index is 12.9. The molecule has 4 aromatic rings. The number of benzene rings is 3. The molecule has 166 valence electrons. The number of rotatable bonds is 4. The lowest BCUT2D eigenvalue weighted by Crippen LogP contribution is -2.14. The molecule has 1 amide bonds. The molecule has 3 aromatic carbocycles. The first-order valence-electron chi connectivity index (χ1n) is 10.1. The van der Waals surface area contributed by atoms with Gasteiger partial charge >= 0.3 is 0 Å². The summed E-state index contributed by atoms with van der Waals surface area (Å²) >= 11 is 7.55. The molecule has 0 aliphatic heterocycles. The van der Waals surface area contributed by atoms with Gasteiger partial charge in [0, 0.05) is 19.2 Å². The summed E-state index contributed by atoms with van der Waals surface area (Å²) in [6.45, 7) is 4.14. The minimum atomic E-state index is -0.557. The third-order valence-corrected chi connectivity index (χ3v) is 6.93. The molecule has 0 saturated carbocycles. The van der Waals surface area contributed by atoms with Crippen molar-refractivity contribution in [2.45, 2.75) is 13.8 Å².